The highest BCUT2D eigenvalue weighted by molar-refractivity contribution is 5.89. The van der Waals surface area contributed by atoms with E-state index in [0.717, 1.165) is 42.0 Å². The van der Waals surface area contributed by atoms with Crippen molar-refractivity contribution in [2.45, 2.75) is 50.2 Å². The second kappa shape index (κ2) is 7.51. The number of carbonyl (C=O) groups excluding carboxylic acids is 1. The van der Waals surface area contributed by atoms with Crippen molar-refractivity contribution in [2.75, 3.05) is 12.4 Å². The van der Waals surface area contributed by atoms with Crippen molar-refractivity contribution >= 4 is 11.7 Å². The van der Waals surface area contributed by atoms with Gasteiger partial charge in [-0.15, -0.1) is 0 Å². The van der Waals surface area contributed by atoms with Gasteiger partial charge in [-0.05, 0) is 56.0 Å². The standard InChI is InChI=1S/C22H26N2O3/c1-26-17-11-9-16(10-12-17)23-21(25)24-19-15-22(13-5-2-6-14-22)27-20-8-4-3-7-18(19)20/h3-4,7-12,19H,2,5-6,13-15H2,1H3,(H2,23,24,25). The topological polar surface area (TPSA) is 59.6 Å². The Bertz CT molecular complexity index is 797. The maximum Gasteiger partial charge on any atom is 0.319 e. The van der Waals surface area contributed by atoms with Gasteiger partial charge >= 0.3 is 6.03 Å². The zero-order valence-corrected chi connectivity index (χ0v) is 15.7. The highest BCUT2D eigenvalue weighted by atomic mass is 16.5. The summed E-state index contributed by atoms with van der Waals surface area (Å²) in [5, 5.41) is 6.08. The Hall–Kier alpha value is -2.69. The Morgan fingerprint density at radius 1 is 1.07 bits per heavy atom. The second-order valence-corrected chi connectivity index (χ2v) is 7.47. The fourth-order valence-electron chi connectivity index (χ4n) is 4.25. The van der Waals surface area contributed by atoms with Crippen molar-refractivity contribution in [1.29, 1.82) is 0 Å². The third-order valence-corrected chi connectivity index (χ3v) is 5.62. The fraction of sp³-hybridized carbons (Fsp3) is 0.409. The number of urea groups is 1. The van der Waals surface area contributed by atoms with Crippen molar-refractivity contribution in [3.63, 3.8) is 0 Å². The molecule has 0 saturated heterocycles. The summed E-state index contributed by atoms with van der Waals surface area (Å²) >= 11 is 0. The molecule has 1 unspecified atom stereocenters. The van der Waals surface area contributed by atoms with Crippen LogP contribution in [0.4, 0.5) is 10.5 Å². The lowest BCUT2D eigenvalue weighted by Gasteiger charge is -2.44. The molecule has 4 rings (SSSR count). The molecule has 1 fully saturated rings. The smallest absolute Gasteiger partial charge is 0.319 e. The van der Waals surface area contributed by atoms with E-state index in [1.165, 1.54) is 19.3 Å². The van der Waals surface area contributed by atoms with E-state index in [1.54, 1.807) is 7.11 Å². The molecule has 5 nitrogen and oxygen atoms in total. The van der Waals surface area contributed by atoms with E-state index in [9.17, 15) is 4.79 Å². The predicted octanol–water partition coefficient (Wildman–Crippen LogP) is 5.04. The summed E-state index contributed by atoms with van der Waals surface area (Å²) in [5.74, 6) is 1.67. The first-order valence-electron chi connectivity index (χ1n) is 9.67. The van der Waals surface area contributed by atoms with Crippen LogP contribution in [-0.2, 0) is 0 Å². The van der Waals surface area contributed by atoms with Crippen LogP contribution in [0, 0.1) is 0 Å². The minimum Gasteiger partial charge on any atom is -0.497 e. The number of fused-ring (bicyclic) bond motifs is 1. The zero-order chi connectivity index (χ0) is 18.7. The van der Waals surface area contributed by atoms with Gasteiger partial charge in [0.2, 0.25) is 0 Å². The van der Waals surface area contributed by atoms with Crippen molar-refractivity contribution in [3.8, 4) is 11.5 Å². The van der Waals surface area contributed by atoms with Crippen molar-refractivity contribution in [3.05, 3.63) is 54.1 Å². The Kier molecular flexibility index (Phi) is 4.92. The van der Waals surface area contributed by atoms with Crippen LogP contribution in [0.25, 0.3) is 0 Å². The van der Waals surface area contributed by atoms with Gasteiger partial charge < -0.3 is 20.1 Å². The Labute approximate surface area is 160 Å². The van der Waals surface area contributed by atoms with Gasteiger partial charge in [-0.1, -0.05) is 24.6 Å². The van der Waals surface area contributed by atoms with Crippen molar-refractivity contribution in [1.82, 2.24) is 5.32 Å². The van der Waals surface area contributed by atoms with Crippen LogP contribution < -0.4 is 20.1 Å². The molecule has 2 aromatic carbocycles. The number of hydrogen-bond acceptors (Lipinski definition) is 3. The molecule has 1 spiro atoms. The van der Waals surface area contributed by atoms with Crippen molar-refractivity contribution in [2.24, 2.45) is 0 Å². The summed E-state index contributed by atoms with van der Waals surface area (Å²) in [6.45, 7) is 0. The summed E-state index contributed by atoms with van der Waals surface area (Å²) < 4.78 is 11.6. The average Bonchev–Trinajstić information content (AvgIpc) is 2.69. The van der Waals surface area contributed by atoms with Crippen LogP contribution in [0.2, 0.25) is 0 Å². The largest absolute Gasteiger partial charge is 0.497 e. The van der Waals surface area contributed by atoms with Gasteiger partial charge in [-0.3, -0.25) is 0 Å². The molecule has 1 atom stereocenters. The minimum atomic E-state index is -0.201. The number of ether oxygens (including phenoxy) is 2. The normalized spacial score (nSPS) is 20.3. The molecule has 0 bridgehead atoms. The van der Waals surface area contributed by atoms with Crippen LogP contribution in [0.1, 0.15) is 50.1 Å². The van der Waals surface area contributed by atoms with E-state index in [4.69, 9.17) is 9.47 Å². The van der Waals surface area contributed by atoms with Gasteiger partial charge in [-0.2, -0.15) is 0 Å². The SMILES string of the molecule is COc1ccc(NC(=O)NC2CC3(CCCCC3)Oc3ccccc32)cc1. The van der Waals surface area contributed by atoms with Crippen LogP contribution in [-0.4, -0.2) is 18.7 Å². The number of rotatable bonds is 3. The maximum absolute atomic E-state index is 12.6. The number of anilines is 1. The number of carbonyl (C=O) groups is 1. The second-order valence-electron chi connectivity index (χ2n) is 7.47. The van der Waals surface area contributed by atoms with Crippen LogP contribution in [0.5, 0.6) is 11.5 Å². The van der Waals surface area contributed by atoms with E-state index in [-0.39, 0.29) is 17.7 Å². The Morgan fingerprint density at radius 3 is 2.56 bits per heavy atom. The zero-order valence-electron chi connectivity index (χ0n) is 15.7. The Balaban J connectivity index is 1.49. The van der Waals surface area contributed by atoms with E-state index in [1.807, 2.05) is 48.5 Å². The van der Waals surface area contributed by atoms with Gasteiger partial charge in [0, 0.05) is 17.7 Å². The van der Waals surface area contributed by atoms with E-state index in [0.29, 0.717) is 0 Å². The van der Waals surface area contributed by atoms with Gasteiger partial charge in [0.25, 0.3) is 0 Å². The molecule has 1 saturated carbocycles. The van der Waals surface area contributed by atoms with Gasteiger partial charge in [0.1, 0.15) is 17.1 Å². The van der Waals surface area contributed by atoms with E-state index >= 15 is 0 Å². The highest BCUT2D eigenvalue weighted by Gasteiger charge is 2.42. The summed E-state index contributed by atoms with van der Waals surface area (Å²) in [6, 6.07) is 15.1. The quantitative estimate of drug-likeness (QED) is 0.800. The molecular formula is C22H26N2O3. The lowest BCUT2D eigenvalue weighted by Crippen LogP contribution is -2.47. The fourth-order valence-corrected chi connectivity index (χ4v) is 4.25. The lowest BCUT2D eigenvalue weighted by atomic mass is 9.77. The molecule has 2 aromatic rings. The number of methoxy groups -OCH3 is 1. The van der Waals surface area contributed by atoms with Gasteiger partial charge in [0.15, 0.2) is 0 Å². The van der Waals surface area contributed by atoms with Gasteiger partial charge in [0.05, 0.1) is 13.2 Å². The third-order valence-electron chi connectivity index (χ3n) is 5.62. The number of hydrogen-bond donors (Lipinski definition) is 2. The average molecular weight is 366 g/mol. The monoisotopic (exact) mass is 366 g/mol. The van der Waals surface area contributed by atoms with Crippen LogP contribution in [0.3, 0.4) is 0 Å². The molecular weight excluding hydrogens is 340 g/mol. The minimum absolute atomic E-state index is 0.0497. The number of para-hydroxylation sites is 1. The number of amides is 2. The molecule has 0 radical (unpaired) electrons. The lowest BCUT2D eigenvalue weighted by molar-refractivity contribution is -0.000994. The highest BCUT2D eigenvalue weighted by Crippen LogP contribution is 2.46. The molecule has 0 aromatic heterocycles. The molecule has 5 heteroatoms. The van der Waals surface area contributed by atoms with E-state index < -0.39 is 0 Å². The van der Waals surface area contributed by atoms with Gasteiger partial charge in [-0.25, -0.2) is 4.79 Å². The number of benzene rings is 2. The predicted molar refractivity (Wildman–Crippen MR) is 105 cm³/mol. The summed E-state index contributed by atoms with van der Waals surface area (Å²) in [4.78, 5) is 12.6. The summed E-state index contributed by atoms with van der Waals surface area (Å²) in [5.41, 5.74) is 1.64. The molecule has 142 valence electrons. The maximum atomic E-state index is 12.6. The first-order chi connectivity index (χ1) is 13.2. The molecule has 1 heterocycles. The first kappa shape index (κ1) is 17.7. The van der Waals surface area contributed by atoms with Crippen molar-refractivity contribution < 1.29 is 14.3 Å². The molecule has 2 amide bonds. The first-order valence-corrected chi connectivity index (χ1v) is 9.67. The van der Waals surface area contributed by atoms with E-state index in [2.05, 4.69) is 10.6 Å². The van der Waals surface area contributed by atoms with Crippen LogP contribution in [0.15, 0.2) is 48.5 Å². The molecule has 1 aliphatic heterocycles. The summed E-state index contributed by atoms with van der Waals surface area (Å²) in [6.07, 6.45) is 6.57. The summed E-state index contributed by atoms with van der Waals surface area (Å²) in [7, 11) is 1.62. The molecule has 2 N–H and O–H groups in total. The van der Waals surface area contributed by atoms with Crippen LogP contribution >= 0.6 is 0 Å². The third kappa shape index (κ3) is 3.87. The molecule has 27 heavy (non-hydrogen) atoms. The number of nitrogens with one attached hydrogen (secondary N) is 2. The molecule has 2 aliphatic rings. The Morgan fingerprint density at radius 2 is 1.81 bits per heavy atom. The molecule has 1 aliphatic carbocycles.